The first-order chi connectivity index (χ1) is 0. The van der Waals surface area contributed by atoms with Crippen LogP contribution < -0.4 is 0 Å². The molecule has 6 nitrogen and oxygen atoms in total. The fourth-order valence-corrected chi connectivity index (χ4v) is 0. The second-order valence-electron chi connectivity index (χ2n) is 0. The van der Waals surface area contributed by atoms with Gasteiger partial charge in [0.2, 0.25) is 0 Å². The zero-order valence-corrected chi connectivity index (χ0v) is 11.0. The monoisotopic (exact) mass is 493 g/mol. The molecule has 69 valence electrons. The Morgan fingerprint density at radius 1 is 0.500 bits per heavy atom. The molecule has 0 saturated carbocycles. The summed E-state index contributed by atoms with van der Waals surface area (Å²) in [6.45, 7) is 0. The molecule has 0 aromatic rings. The topological polar surface area (TPSA) is 171 Å². The average molecular weight is 491 g/mol. The Morgan fingerprint density at radius 3 is 0.500 bits per heavy atom. The van der Waals surface area contributed by atoms with E-state index in [9.17, 15) is 0 Å². The van der Waals surface area contributed by atoms with Crippen molar-refractivity contribution in [1.29, 1.82) is 0 Å². The van der Waals surface area contributed by atoms with Crippen molar-refractivity contribution in [3.8, 4) is 0 Å². The van der Waals surface area contributed by atoms with Crippen LogP contribution in [0.3, 0.4) is 0 Å². The molecule has 0 aromatic carbocycles. The quantitative estimate of drug-likeness (QED) is 0.391. The molecule has 0 spiro atoms. The molecule has 0 bridgehead atoms. The van der Waals surface area contributed by atoms with Crippen molar-refractivity contribution < 1.29 is 109 Å². The fourth-order valence-electron chi connectivity index (χ4n) is 0. The molecule has 0 unspecified atom stereocenters. The van der Waals surface area contributed by atoms with Gasteiger partial charge in [-0.1, -0.05) is 0 Å². The van der Waals surface area contributed by atoms with Crippen LogP contribution in [0.2, 0.25) is 0 Å². The molecule has 0 fully saturated rings. The fraction of sp³-hybridized carbons (Fsp3) is 0. The van der Waals surface area contributed by atoms with Gasteiger partial charge in [0.25, 0.3) is 0 Å². The van der Waals surface area contributed by atoms with E-state index < -0.39 is 0 Å². The molecular formula is CoFeMoO6W-4. The maximum absolute atomic E-state index is 0. The van der Waals surface area contributed by atoms with E-state index >= 15 is 0 Å². The van der Waals surface area contributed by atoms with E-state index in [0.29, 0.717) is 0 Å². The summed E-state index contributed by atoms with van der Waals surface area (Å²) in [6, 6.07) is 0. The first-order valence-electron chi connectivity index (χ1n) is 0. The molecule has 0 aliphatic heterocycles. The van der Waals surface area contributed by atoms with Gasteiger partial charge in [-0.05, 0) is 0 Å². The summed E-state index contributed by atoms with van der Waals surface area (Å²) >= 11 is 0. The van der Waals surface area contributed by atoms with Crippen molar-refractivity contribution in [3.05, 3.63) is 0 Å². The van der Waals surface area contributed by atoms with Crippen LogP contribution in [0.5, 0.6) is 0 Å². The Labute approximate surface area is 108 Å². The first-order valence-corrected chi connectivity index (χ1v) is 0. The Bertz CT molecular complexity index is 17.7. The van der Waals surface area contributed by atoms with Gasteiger partial charge >= 0.3 is 54.9 Å². The normalized spacial score (nSPS) is 0. The summed E-state index contributed by atoms with van der Waals surface area (Å²) in [7, 11) is 0. The van der Waals surface area contributed by atoms with Gasteiger partial charge in [-0.15, -0.1) is 0 Å². The van der Waals surface area contributed by atoms with E-state index in [1.807, 2.05) is 0 Å². The van der Waals surface area contributed by atoms with E-state index in [2.05, 4.69) is 0 Å². The Kier molecular flexibility index (Phi) is 7990. The van der Waals surface area contributed by atoms with E-state index in [0.717, 1.165) is 0 Å². The third-order valence-corrected chi connectivity index (χ3v) is 0. The van der Waals surface area contributed by atoms with Crippen LogP contribution in [-0.4, -0.2) is 0 Å². The Balaban J connectivity index is 0. The minimum atomic E-state index is 0. The molecule has 10 heteroatoms. The Hall–Kier alpha value is 2.16. The number of hydrogen-bond donors (Lipinski definition) is 0. The van der Waals surface area contributed by atoms with Gasteiger partial charge in [0.15, 0.2) is 0 Å². The third-order valence-electron chi connectivity index (χ3n) is 0. The largest absolute Gasteiger partial charge is 4.00 e. The summed E-state index contributed by atoms with van der Waals surface area (Å²) in [5.41, 5.74) is 0. The second-order valence-corrected chi connectivity index (χ2v) is 0. The molecule has 0 aliphatic carbocycles. The van der Waals surface area contributed by atoms with Crippen molar-refractivity contribution in [2.24, 2.45) is 0 Å². The number of rotatable bonds is 0. The molecule has 0 heterocycles. The van der Waals surface area contributed by atoms with Gasteiger partial charge in [0.1, 0.15) is 0 Å². The van der Waals surface area contributed by atoms with Crippen LogP contribution >= 0.6 is 0 Å². The van der Waals surface area contributed by atoms with Crippen LogP contribution in [0.1, 0.15) is 0 Å². The average Bonchev–Trinajstić information content (AvgIpc) is 0. The molecule has 0 N–H and O–H groups in total. The summed E-state index contributed by atoms with van der Waals surface area (Å²) in [6.07, 6.45) is 0. The Morgan fingerprint density at radius 2 is 0.500 bits per heavy atom. The SMILES string of the molecule is [Co+2].[Fe+2].[Mo+4].[O-2].[O-2].[O-2].[O-2].[O-2].[O-2].[W]. The summed E-state index contributed by atoms with van der Waals surface area (Å²) < 4.78 is 0. The molecule has 0 atom stereocenters. The van der Waals surface area contributed by atoms with Gasteiger partial charge in [-0.3, -0.25) is 0 Å². The second kappa shape index (κ2) is 247. The van der Waals surface area contributed by atoms with E-state index in [1.165, 1.54) is 0 Å². The molecule has 0 aliphatic rings. The van der Waals surface area contributed by atoms with Crippen molar-refractivity contribution in [2.75, 3.05) is 0 Å². The standard InChI is InChI=1S/Co.Fe.Mo.6O.W/q2*+2;+4;6*-2;. The zero-order chi connectivity index (χ0) is 0. The summed E-state index contributed by atoms with van der Waals surface area (Å²) in [5.74, 6) is 0. The molecule has 0 aromatic heterocycles. The van der Waals surface area contributed by atoms with Gasteiger partial charge in [-0.2, -0.15) is 0 Å². The van der Waals surface area contributed by atoms with Gasteiger partial charge < -0.3 is 32.9 Å². The maximum atomic E-state index is 0. The first kappa shape index (κ1) is 324. The minimum Gasteiger partial charge on any atom is -2.00 e. The van der Waals surface area contributed by atoms with Crippen LogP contribution in [0.25, 0.3) is 0 Å². The van der Waals surface area contributed by atoms with Crippen molar-refractivity contribution in [2.45, 2.75) is 0 Å². The van der Waals surface area contributed by atoms with Gasteiger partial charge in [-0.25, -0.2) is 0 Å². The third kappa shape index (κ3) is 182. The predicted octanol–water partition coefficient (Wildman–Crippen LogP) is -0.723. The smallest absolute Gasteiger partial charge is 2.00 e. The summed E-state index contributed by atoms with van der Waals surface area (Å²) in [4.78, 5) is 0. The van der Waals surface area contributed by atoms with E-state index in [1.54, 1.807) is 0 Å². The van der Waals surface area contributed by atoms with Crippen molar-refractivity contribution in [1.82, 2.24) is 0 Å². The van der Waals surface area contributed by atoms with Crippen LogP contribution in [0, 0.1) is 0 Å². The van der Waals surface area contributed by atoms with Gasteiger partial charge in [0, 0.05) is 21.1 Å². The number of hydrogen-bond acceptors (Lipinski definition) is 0. The molecule has 10 heavy (non-hydrogen) atoms. The maximum Gasteiger partial charge on any atom is 4.00 e. The molecule has 0 rings (SSSR count). The van der Waals surface area contributed by atoms with Crippen molar-refractivity contribution >= 4 is 0 Å². The minimum absolute atomic E-state index is 0. The summed E-state index contributed by atoms with van der Waals surface area (Å²) in [5, 5.41) is 0. The predicted molar refractivity (Wildman–Crippen MR) is 4.12 cm³/mol. The van der Waals surface area contributed by atoms with E-state index in [-0.39, 0.29) is 109 Å². The van der Waals surface area contributed by atoms with Crippen LogP contribution in [0.4, 0.5) is 0 Å². The van der Waals surface area contributed by atoms with Crippen LogP contribution in [0.15, 0.2) is 0 Å². The zero-order valence-electron chi connectivity index (χ0n) is 3.95. The molecular weight excluding hydrogens is 491 g/mol. The van der Waals surface area contributed by atoms with Crippen molar-refractivity contribution in [3.63, 3.8) is 0 Å². The van der Waals surface area contributed by atoms with Crippen LogP contribution in [-0.2, 0) is 109 Å². The van der Waals surface area contributed by atoms with E-state index in [4.69, 9.17) is 0 Å². The molecule has 0 amide bonds. The molecule has 1 radical (unpaired) electrons. The van der Waals surface area contributed by atoms with Gasteiger partial charge in [0.05, 0.1) is 0 Å². The molecule has 0 saturated heterocycles.